The molecule has 0 fully saturated rings. The first-order valence-electron chi connectivity index (χ1n) is 5.02. The molecule has 0 atom stereocenters. The number of aromatic nitrogens is 3. The largest absolute Gasteiger partial charge is 0.297 e. The summed E-state index contributed by atoms with van der Waals surface area (Å²) in [4.78, 5) is 0. The van der Waals surface area contributed by atoms with Crippen molar-refractivity contribution in [3.05, 3.63) is 45.4 Å². The summed E-state index contributed by atoms with van der Waals surface area (Å²) in [5, 5.41) is 8.33. The van der Waals surface area contributed by atoms with Crippen LogP contribution in [-0.4, -0.2) is 14.8 Å². The molecule has 0 unspecified atom stereocenters. The normalized spacial score (nSPS) is 10.7. The number of nitrogens with zero attached hydrogens (tertiary/aromatic N) is 3. The second kappa shape index (κ2) is 4.97. The van der Waals surface area contributed by atoms with Gasteiger partial charge in [-0.2, -0.15) is 0 Å². The molecule has 0 saturated carbocycles. The van der Waals surface area contributed by atoms with Crippen LogP contribution in [0.4, 0.5) is 0 Å². The first kappa shape index (κ1) is 11.6. The van der Waals surface area contributed by atoms with E-state index in [1.165, 1.54) is 5.56 Å². The zero-order valence-corrected chi connectivity index (χ0v) is 11.2. The van der Waals surface area contributed by atoms with Crippen LogP contribution in [0.1, 0.15) is 18.3 Å². The monoisotopic (exact) mass is 299 g/mol. The molecular weight excluding hydrogens is 289 g/mol. The SMILES string of the molecule is CCc1nnc(Cl)n1Cc1ccc(Br)cc1. The van der Waals surface area contributed by atoms with E-state index >= 15 is 0 Å². The average molecular weight is 301 g/mol. The van der Waals surface area contributed by atoms with Crippen molar-refractivity contribution in [2.24, 2.45) is 0 Å². The molecule has 3 nitrogen and oxygen atoms in total. The number of hydrogen-bond acceptors (Lipinski definition) is 2. The maximum absolute atomic E-state index is 5.98. The predicted octanol–water partition coefficient (Wildman–Crippen LogP) is 3.30. The van der Waals surface area contributed by atoms with Crippen LogP contribution < -0.4 is 0 Å². The van der Waals surface area contributed by atoms with E-state index in [1.807, 2.05) is 23.6 Å². The topological polar surface area (TPSA) is 30.7 Å². The molecule has 1 aromatic carbocycles. The van der Waals surface area contributed by atoms with Crippen molar-refractivity contribution < 1.29 is 0 Å². The fourth-order valence-electron chi connectivity index (χ4n) is 1.50. The molecule has 2 aromatic rings. The lowest BCUT2D eigenvalue weighted by Gasteiger charge is -2.06. The molecule has 0 saturated heterocycles. The van der Waals surface area contributed by atoms with E-state index in [0.29, 0.717) is 11.8 Å². The van der Waals surface area contributed by atoms with Crippen LogP contribution in [-0.2, 0) is 13.0 Å². The molecule has 1 aromatic heterocycles. The Morgan fingerprint density at radius 3 is 2.56 bits per heavy atom. The molecule has 2 rings (SSSR count). The Kier molecular flexibility index (Phi) is 3.61. The van der Waals surface area contributed by atoms with Gasteiger partial charge < -0.3 is 0 Å². The van der Waals surface area contributed by atoms with Gasteiger partial charge in [0.1, 0.15) is 5.82 Å². The summed E-state index contributed by atoms with van der Waals surface area (Å²) in [5.41, 5.74) is 1.18. The van der Waals surface area contributed by atoms with Gasteiger partial charge in [0.15, 0.2) is 0 Å². The number of halogens is 2. The van der Waals surface area contributed by atoms with E-state index in [1.54, 1.807) is 0 Å². The zero-order valence-electron chi connectivity index (χ0n) is 8.82. The van der Waals surface area contributed by atoms with E-state index < -0.39 is 0 Å². The van der Waals surface area contributed by atoms with Gasteiger partial charge in [0.25, 0.3) is 0 Å². The molecule has 0 amide bonds. The molecule has 16 heavy (non-hydrogen) atoms. The Morgan fingerprint density at radius 2 is 1.94 bits per heavy atom. The Labute approximate surface area is 108 Å². The van der Waals surface area contributed by atoms with Gasteiger partial charge in [0, 0.05) is 10.9 Å². The second-order valence-electron chi connectivity index (χ2n) is 3.45. The van der Waals surface area contributed by atoms with Gasteiger partial charge in [0.05, 0.1) is 6.54 Å². The number of benzene rings is 1. The molecule has 0 aliphatic carbocycles. The minimum absolute atomic E-state index is 0.444. The highest BCUT2D eigenvalue weighted by Gasteiger charge is 2.08. The molecule has 5 heteroatoms. The van der Waals surface area contributed by atoms with Crippen LogP contribution in [0, 0.1) is 0 Å². The molecule has 0 aliphatic heterocycles. The zero-order chi connectivity index (χ0) is 11.5. The third-order valence-corrected chi connectivity index (χ3v) is 3.16. The van der Waals surface area contributed by atoms with Gasteiger partial charge in [-0.15, -0.1) is 10.2 Å². The van der Waals surface area contributed by atoms with Crippen molar-refractivity contribution in [1.82, 2.24) is 14.8 Å². The molecule has 0 spiro atoms. The van der Waals surface area contributed by atoms with Crippen molar-refractivity contribution in [3.63, 3.8) is 0 Å². The van der Waals surface area contributed by atoms with Crippen LogP contribution in [0.2, 0.25) is 5.28 Å². The van der Waals surface area contributed by atoms with E-state index in [9.17, 15) is 0 Å². The maximum Gasteiger partial charge on any atom is 0.225 e. The molecule has 0 N–H and O–H groups in total. The Morgan fingerprint density at radius 1 is 1.25 bits per heavy atom. The molecule has 84 valence electrons. The minimum atomic E-state index is 0.444. The van der Waals surface area contributed by atoms with E-state index in [0.717, 1.165) is 16.7 Å². The van der Waals surface area contributed by atoms with Gasteiger partial charge in [-0.1, -0.05) is 35.0 Å². The van der Waals surface area contributed by atoms with Crippen LogP contribution in [0.3, 0.4) is 0 Å². The first-order valence-corrected chi connectivity index (χ1v) is 6.20. The number of hydrogen-bond donors (Lipinski definition) is 0. The quantitative estimate of drug-likeness (QED) is 0.871. The summed E-state index contributed by atoms with van der Waals surface area (Å²) < 4.78 is 2.99. The summed E-state index contributed by atoms with van der Waals surface area (Å²) in [5.74, 6) is 0.910. The second-order valence-corrected chi connectivity index (χ2v) is 4.71. The van der Waals surface area contributed by atoms with Crippen molar-refractivity contribution in [3.8, 4) is 0 Å². The molecule has 0 aliphatic rings. The minimum Gasteiger partial charge on any atom is -0.297 e. The number of rotatable bonds is 3. The first-order chi connectivity index (χ1) is 7.70. The highest BCUT2D eigenvalue weighted by Crippen LogP contribution is 2.15. The maximum atomic E-state index is 5.98. The standard InChI is InChI=1S/C11H11BrClN3/c1-2-10-14-15-11(13)16(10)7-8-3-5-9(12)6-4-8/h3-6H,2,7H2,1H3. The van der Waals surface area contributed by atoms with Gasteiger partial charge in [-0.25, -0.2) is 0 Å². The summed E-state index contributed by atoms with van der Waals surface area (Å²) in [7, 11) is 0. The third kappa shape index (κ3) is 2.44. The predicted molar refractivity (Wildman–Crippen MR) is 67.7 cm³/mol. The lowest BCUT2D eigenvalue weighted by molar-refractivity contribution is 0.733. The molecule has 0 bridgehead atoms. The van der Waals surface area contributed by atoms with Gasteiger partial charge in [0.2, 0.25) is 5.28 Å². The Hall–Kier alpha value is -0.870. The summed E-state index contributed by atoms with van der Waals surface area (Å²) in [6.07, 6.45) is 0.830. The van der Waals surface area contributed by atoms with Gasteiger partial charge in [-0.3, -0.25) is 4.57 Å². The van der Waals surface area contributed by atoms with Crippen molar-refractivity contribution >= 4 is 27.5 Å². The van der Waals surface area contributed by atoms with Gasteiger partial charge >= 0.3 is 0 Å². The Bertz CT molecular complexity index is 478. The molecule has 0 radical (unpaired) electrons. The lowest BCUT2D eigenvalue weighted by atomic mass is 10.2. The fourth-order valence-corrected chi connectivity index (χ4v) is 1.96. The number of aryl methyl sites for hydroxylation is 1. The van der Waals surface area contributed by atoms with E-state index in [4.69, 9.17) is 11.6 Å². The van der Waals surface area contributed by atoms with Crippen LogP contribution in [0.5, 0.6) is 0 Å². The smallest absolute Gasteiger partial charge is 0.225 e. The summed E-state index contributed by atoms with van der Waals surface area (Å²) >= 11 is 9.39. The average Bonchev–Trinajstić information content (AvgIpc) is 2.63. The summed E-state index contributed by atoms with van der Waals surface area (Å²) in [6.45, 7) is 2.75. The van der Waals surface area contributed by atoms with Crippen molar-refractivity contribution in [1.29, 1.82) is 0 Å². The van der Waals surface area contributed by atoms with E-state index in [-0.39, 0.29) is 0 Å². The molecule has 1 heterocycles. The van der Waals surface area contributed by atoms with Crippen LogP contribution >= 0.6 is 27.5 Å². The highest BCUT2D eigenvalue weighted by atomic mass is 79.9. The van der Waals surface area contributed by atoms with E-state index in [2.05, 4.69) is 38.3 Å². The fraction of sp³-hybridized carbons (Fsp3) is 0.273. The van der Waals surface area contributed by atoms with Crippen molar-refractivity contribution in [2.75, 3.05) is 0 Å². The van der Waals surface area contributed by atoms with Crippen LogP contribution in [0.25, 0.3) is 0 Å². The van der Waals surface area contributed by atoms with Gasteiger partial charge in [-0.05, 0) is 29.3 Å². The van der Waals surface area contributed by atoms with Crippen LogP contribution in [0.15, 0.2) is 28.7 Å². The Balaban J connectivity index is 2.26. The van der Waals surface area contributed by atoms with Crippen molar-refractivity contribution in [2.45, 2.75) is 19.9 Å². The lowest BCUT2D eigenvalue weighted by Crippen LogP contribution is -2.04. The third-order valence-electron chi connectivity index (χ3n) is 2.35. The molecular formula is C11H11BrClN3. The summed E-state index contributed by atoms with van der Waals surface area (Å²) in [6, 6.07) is 8.14. The highest BCUT2D eigenvalue weighted by molar-refractivity contribution is 9.10.